The molecule has 2 aliphatic heterocycles. The monoisotopic (exact) mass is 501 g/mol. The Hall–Kier alpha value is -2.54. The predicted molar refractivity (Wildman–Crippen MR) is 121 cm³/mol. The highest BCUT2D eigenvalue weighted by Gasteiger charge is 2.61. The van der Waals surface area contributed by atoms with Gasteiger partial charge < -0.3 is 25.3 Å². The van der Waals surface area contributed by atoms with Gasteiger partial charge in [-0.1, -0.05) is 11.8 Å². The number of alkyl halides is 1. The van der Waals surface area contributed by atoms with Gasteiger partial charge in [-0.25, -0.2) is 23.7 Å². The van der Waals surface area contributed by atoms with Crippen LogP contribution in [0.3, 0.4) is 0 Å². The van der Waals surface area contributed by atoms with Gasteiger partial charge in [0.1, 0.15) is 18.1 Å². The van der Waals surface area contributed by atoms with E-state index in [0.717, 1.165) is 17.8 Å². The standard InChI is InChI=1S/C20H21F2N5O4S.ClH/c1-29-4-5-31-16-8-24-15(7-25-16)17(28)26-12-2-3-14(21)13(6-12)20-10-30-9-19(20,22)11-32-18(23)27-20;/h2-3,6-8H,4-5,9-11H2,1H3,(H2,23,27)(H,26,28);1H/t19-,20-;/m1./s1. The first-order valence-corrected chi connectivity index (χ1v) is 10.7. The van der Waals surface area contributed by atoms with E-state index in [1.54, 1.807) is 7.11 Å². The number of ether oxygens (including phenoxy) is 3. The van der Waals surface area contributed by atoms with Crippen molar-refractivity contribution in [2.45, 2.75) is 11.2 Å². The van der Waals surface area contributed by atoms with E-state index in [4.69, 9.17) is 19.9 Å². The Kier molecular flexibility index (Phi) is 7.73. The first kappa shape index (κ1) is 25.1. The van der Waals surface area contributed by atoms with E-state index in [0.29, 0.717) is 13.2 Å². The lowest BCUT2D eigenvalue weighted by molar-refractivity contribution is 0.102. The van der Waals surface area contributed by atoms with Crippen molar-refractivity contribution in [1.82, 2.24) is 9.97 Å². The molecule has 0 saturated carbocycles. The summed E-state index contributed by atoms with van der Waals surface area (Å²) in [6.45, 7) is 0.302. The number of nitrogens with one attached hydrogen (secondary N) is 1. The Morgan fingerprint density at radius 1 is 1.30 bits per heavy atom. The topological polar surface area (TPSA) is 121 Å². The number of amides is 1. The lowest BCUT2D eigenvalue weighted by Gasteiger charge is -2.38. The van der Waals surface area contributed by atoms with Crippen LogP contribution < -0.4 is 15.8 Å². The van der Waals surface area contributed by atoms with E-state index in [9.17, 15) is 9.18 Å². The zero-order valence-corrected chi connectivity index (χ0v) is 19.2. The molecule has 2 aromatic rings. The summed E-state index contributed by atoms with van der Waals surface area (Å²) in [4.78, 5) is 24.9. The maximum Gasteiger partial charge on any atom is 0.275 e. The van der Waals surface area contributed by atoms with Crippen LogP contribution in [0.4, 0.5) is 14.5 Å². The fourth-order valence-corrected chi connectivity index (χ4v) is 4.46. The third kappa shape index (κ3) is 4.88. The number of fused-ring (bicyclic) bond motifs is 1. The van der Waals surface area contributed by atoms with Crippen molar-refractivity contribution < 1.29 is 27.8 Å². The summed E-state index contributed by atoms with van der Waals surface area (Å²) in [7, 11) is 1.55. The van der Waals surface area contributed by atoms with Gasteiger partial charge in [0.05, 0.1) is 32.2 Å². The number of anilines is 1. The molecule has 0 aliphatic carbocycles. The summed E-state index contributed by atoms with van der Waals surface area (Å²) < 4.78 is 46.0. The largest absolute Gasteiger partial charge is 0.474 e. The van der Waals surface area contributed by atoms with Crippen LogP contribution in [0.25, 0.3) is 0 Å². The van der Waals surface area contributed by atoms with Crippen molar-refractivity contribution >= 4 is 40.9 Å². The molecule has 0 radical (unpaired) electrons. The van der Waals surface area contributed by atoms with Crippen LogP contribution in [0.15, 0.2) is 35.6 Å². The molecule has 33 heavy (non-hydrogen) atoms. The lowest BCUT2D eigenvalue weighted by atomic mass is 9.79. The van der Waals surface area contributed by atoms with E-state index in [1.807, 2.05) is 0 Å². The van der Waals surface area contributed by atoms with Crippen LogP contribution in [-0.4, -0.2) is 66.0 Å². The molecule has 0 spiro atoms. The Morgan fingerprint density at radius 3 is 2.85 bits per heavy atom. The van der Waals surface area contributed by atoms with Crippen molar-refractivity contribution in [3.63, 3.8) is 0 Å². The quantitative estimate of drug-likeness (QED) is 0.554. The number of thioether (sulfide) groups is 1. The van der Waals surface area contributed by atoms with Gasteiger partial charge in [0, 0.05) is 24.1 Å². The zero-order valence-electron chi connectivity index (χ0n) is 17.5. The van der Waals surface area contributed by atoms with Crippen LogP contribution in [0, 0.1) is 5.82 Å². The molecular weight excluding hydrogens is 480 g/mol. The molecule has 9 nitrogen and oxygen atoms in total. The van der Waals surface area contributed by atoms with Gasteiger partial charge in [0.2, 0.25) is 5.88 Å². The van der Waals surface area contributed by atoms with Crippen LogP contribution in [0.2, 0.25) is 0 Å². The molecule has 13 heteroatoms. The Morgan fingerprint density at radius 2 is 2.12 bits per heavy atom. The summed E-state index contributed by atoms with van der Waals surface area (Å²) in [6, 6.07) is 3.85. The number of nitrogens with two attached hydrogens (primary N) is 1. The predicted octanol–water partition coefficient (Wildman–Crippen LogP) is 2.31. The lowest BCUT2D eigenvalue weighted by Crippen LogP contribution is -2.52. The van der Waals surface area contributed by atoms with Crippen LogP contribution >= 0.6 is 24.2 Å². The molecule has 1 saturated heterocycles. The first-order chi connectivity index (χ1) is 15.4. The second-order valence-corrected chi connectivity index (χ2v) is 8.28. The molecule has 3 heterocycles. The van der Waals surface area contributed by atoms with Crippen LogP contribution in [-0.2, 0) is 15.0 Å². The van der Waals surface area contributed by atoms with Crippen LogP contribution in [0.1, 0.15) is 16.1 Å². The summed E-state index contributed by atoms with van der Waals surface area (Å²) in [5.74, 6) is -1.01. The number of halogens is 3. The number of hydrogen-bond acceptors (Lipinski definition) is 9. The van der Waals surface area contributed by atoms with Gasteiger partial charge >= 0.3 is 0 Å². The third-order valence-corrected chi connectivity index (χ3v) is 6.19. The molecular formula is C20H22ClF2N5O4S. The van der Waals surface area contributed by atoms with Crippen molar-refractivity contribution in [3.05, 3.63) is 47.7 Å². The molecule has 2 aliphatic rings. The number of carbonyl (C=O) groups excluding carboxylic acids is 1. The molecule has 0 bridgehead atoms. The van der Waals surface area contributed by atoms with E-state index < -0.39 is 22.9 Å². The highest BCUT2D eigenvalue weighted by molar-refractivity contribution is 8.13. The average molecular weight is 502 g/mol. The molecule has 1 amide bonds. The van der Waals surface area contributed by atoms with Crippen molar-refractivity contribution in [1.29, 1.82) is 0 Å². The summed E-state index contributed by atoms with van der Waals surface area (Å²) >= 11 is 1.06. The number of rotatable bonds is 7. The molecule has 2 atom stereocenters. The fourth-order valence-electron chi connectivity index (χ4n) is 3.54. The molecule has 1 aromatic heterocycles. The minimum absolute atomic E-state index is 0. The number of aromatic nitrogens is 2. The SMILES string of the molecule is COCCOc1cnc(C(=O)Nc2ccc(F)c([C@]34COC[C@@]3(F)CSC(N)=N4)c2)cn1.Cl. The highest BCUT2D eigenvalue weighted by Crippen LogP contribution is 2.50. The first-order valence-electron chi connectivity index (χ1n) is 9.67. The van der Waals surface area contributed by atoms with Gasteiger partial charge in [-0.05, 0) is 18.2 Å². The van der Waals surface area contributed by atoms with Crippen molar-refractivity contribution in [2.24, 2.45) is 10.7 Å². The molecule has 178 valence electrons. The summed E-state index contributed by atoms with van der Waals surface area (Å²) in [5, 5.41) is 2.77. The normalized spacial score (nSPS) is 23.8. The van der Waals surface area contributed by atoms with E-state index >= 15 is 4.39 Å². The number of nitrogens with zero attached hydrogens (tertiary/aromatic N) is 3. The van der Waals surface area contributed by atoms with Crippen LogP contribution in [0.5, 0.6) is 5.88 Å². The number of amidine groups is 1. The minimum Gasteiger partial charge on any atom is -0.474 e. The van der Waals surface area contributed by atoms with Crippen molar-refractivity contribution in [3.8, 4) is 5.88 Å². The fraction of sp³-hybridized carbons (Fsp3) is 0.400. The number of aliphatic imine (C=N–C) groups is 1. The van der Waals surface area contributed by atoms with Gasteiger partial charge in [-0.2, -0.15) is 0 Å². The third-order valence-electron chi connectivity index (χ3n) is 5.20. The van der Waals surface area contributed by atoms with E-state index in [1.165, 1.54) is 24.5 Å². The maximum atomic E-state index is 15.7. The Labute approximate surface area is 198 Å². The maximum absolute atomic E-state index is 15.7. The van der Waals surface area contributed by atoms with E-state index in [2.05, 4.69) is 20.3 Å². The molecule has 3 N–H and O–H groups in total. The summed E-state index contributed by atoms with van der Waals surface area (Å²) in [5.41, 5.74) is 2.52. The second-order valence-electron chi connectivity index (χ2n) is 7.29. The molecule has 0 unspecified atom stereocenters. The number of carbonyl (C=O) groups is 1. The molecule has 4 rings (SSSR count). The van der Waals surface area contributed by atoms with Gasteiger partial charge in [0.15, 0.2) is 16.4 Å². The van der Waals surface area contributed by atoms with Gasteiger partial charge in [-0.3, -0.25) is 4.79 Å². The average Bonchev–Trinajstić information content (AvgIpc) is 3.13. The Balaban J connectivity index is 0.00000306. The molecule has 1 aromatic carbocycles. The number of hydrogen-bond donors (Lipinski definition) is 2. The smallest absolute Gasteiger partial charge is 0.275 e. The highest BCUT2D eigenvalue weighted by atomic mass is 35.5. The second kappa shape index (κ2) is 10.2. The number of methoxy groups -OCH3 is 1. The summed E-state index contributed by atoms with van der Waals surface area (Å²) in [6.07, 6.45) is 2.56. The molecule has 1 fully saturated rings. The van der Waals surface area contributed by atoms with Crippen molar-refractivity contribution in [2.75, 3.05) is 44.6 Å². The van der Waals surface area contributed by atoms with E-state index in [-0.39, 0.29) is 59.4 Å². The minimum atomic E-state index is -1.92. The zero-order chi connectivity index (χ0) is 22.8. The van der Waals surface area contributed by atoms with Gasteiger partial charge in [0.25, 0.3) is 5.91 Å². The Bertz CT molecular complexity index is 1050. The number of benzene rings is 1. The van der Waals surface area contributed by atoms with Gasteiger partial charge in [-0.15, -0.1) is 12.4 Å².